The quantitative estimate of drug-likeness (QED) is 0.622. The number of hydrogen-bond acceptors (Lipinski definition) is 7. The summed E-state index contributed by atoms with van der Waals surface area (Å²) in [6, 6.07) is 7.48. The number of carbonyl (C=O) groups excluding carboxylic acids is 1. The summed E-state index contributed by atoms with van der Waals surface area (Å²) in [5, 5.41) is 3.00. The minimum Gasteiger partial charge on any atom is -0.493 e. The zero-order chi connectivity index (χ0) is 19.9. The van der Waals surface area contributed by atoms with Gasteiger partial charge in [-0.15, -0.1) is 24.8 Å². The maximum absolute atomic E-state index is 12.5. The van der Waals surface area contributed by atoms with Crippen molar-refractivity contribution in [1.82, 2.24) is 10.2 Å². The van der Waals surface area contributed by atoms with E-state index in [0.717, 1.165) is 18.7 Å². The third-order valence-electron chi connectivity index (χ3n) is 4.85. The summed E-state index contributed by atoms with van der Waals surface area (Å²) in [7, 11) is 3.22. The van der Waals surface area contributed by atoms with Gasteiger partial charge in [0, 0.05) is 19.6 Å². The Hall–Kier alpha value is -1.97. The van der Waals surface area contributed by atoms with Crippen LogP contribution in [0.1, 0.15) is 27.7 Å². The van der Waals surface area contributed by atoms with Crippen molar-refractivity contribution in [2.75, 3.05) is 47.1 Å². The summed E-state index contributed by atoms with van der Waals surface area (Å²) in [6.45, 7) is 3.61. The fourth-order valence-electron chi connectivity index (χ4n) is 3.31. The number of rotatable bonds is 8. The van der Waals surface area contributed by atoms with E-state index in [1.807, 2.05) is 18.2 Å². The number of ether oxygens (including phenoxy) is 3. The van der Waals surface area contributed by atoms with Gasteiger partial charge in [0.05, 0.1) is 45.6 Å². The smallest absolute Gasteiger partial charge is 0.254 e. The van der Waals surface area contributed by atoms with Gasteiger partial charge in [-0.05, 0) is 23.8 Å². The van der Waals surface area contributed by atoms with Gasteiger partial charge in [0.1, 0.15) is 12.0 Å². The molecule has 1 atom stereocenters. The molecule has 1 amide bonds. The zero-order valence-corrected chi connectivity index (χ0v) is 18.7. The van der Waals surface area contributed by atoms with Gasteiger partial charge in [0.15, 0.2) is 11.5 Å². The van der Waals surface area contributed by atoms with E-state index in [4.69, 9.17) is 24.4 Å². The lowest BCUT2D eigenvalue weighted by molar-refractivity contribution is 0.0162. The number of morpholine rings is 1. The van der Waals surface area contributed by atoms with Crippen LogP contribution in [-0.2, 0) is 11.3 Å². The Kier molecular flexibility index (Phi) is 11.0. The molecule has 8 nitrogen and oxygen atoms in total. The van der Waals surface area contributed by atoms with Gasteiger partial charge in [-0.1, -0.05) is 6.07 Å². The van der Waals surface area contributed by atoms with Crippen LogP contribution >= 0.6 is 24.8 Å². The summed E-state index contributed by atoms with van der Waals surface area (Å²) in [6.07, 6.45) is 1.43. The second-order valence-corrected chi connectivity index (χ2v) is 6.49. The number of hydrogen-bond donors (Lipinski definition) is 2. The summed E-state index contributed by atoms with van der Waals surface area (Å²) < 4.78 is 21.5. The van der Waals surface area contributed by atoms with Gasteiger partial charge < -0.3 is 29.7 Å². The molecule has 1 saturated heterocycles. The highest BCUT2D eigenvalue weighted by molar-refractivity contribution is 5.94. The van der Waals surface area contributed by atoms with E-state index in [2.05, 4.69) is 10.2 Å². The summed E-state index contributed by atoms with van der Waals surface area (Å²) in [5.41, 5.74) is 7.05. The van der Waals surface area contributed by atoms with E-state index in [1.165, 1.54) is 6.26 Å². The lowest BCUT2D eigenvalue weighted by Crippen LogP contribution is -2.43. The van der Waals surface area contributed by atoms with Crippen molar-refractivity contribution in [2.45, 2.75) is 12.6 Å². The van der Waals surface area contributed by atoms with Gasteiger partial charge in [0.2, 0.25) is 0 Å². The van der Waals surface area contributed by atoms with E-state index >= 15 is 0 Å². The highest BCUT2D eigenvalue weighted by Gasteiger charge is 2.25. The average Bonchev–Trinajstić information content (AvgIpc) is 3.24. The first kappa shape index (κ1) is 26.1. The summed E-state index contributed by atoms with van der Waals surface area (Å²) >= 11 is 0. The number of nitrogens with zero attached hydrogens (tertiary/aromatic N) is 1. The number of amides is 1. The number of nitrogens with two attached hydrogens (primary N) is 1. The molecule has 1 fully saturated rings. The van der Waals surface area contributed by atoms with Crippen molar-refractivity contribution in [3.63, 3.8) is 0 Å². The van der Waals surface area contributed by atoms with E-state index < -0.39 is 0 Å². The maximum atomic E-state index is 12.5. The lowest BCUT2D eigenvalue weighted by atomic mass is 10.0. The molecule has 1 aromatic heterocycles. The molecular weight excluding hydrogens is 433 g/mol. The van der Waals surface area contributed by atoms with Gasteiger partial charge in [-0.3, -0.25) is 9.69 Å². The van der Waals surface area contributed by atoms with Crippen molar-refractivity contribution >= 4 is 30.7 Å². The number of halogens is 2. The second-order valence-electron chi connectivity index (χ2n) is 6.49. The zero-order valence-electron chi connectivity index (χ0n) is 17.1. The summed E-state index contributed by atoms with van der Waals surface area (Å²) in [4.78, 5) is 14.8. The normalized spacial score (nSPS) is 14.8. The molecule has 2 heterocycles. The fraction of sp³-hybridized carbons (Fsp3) is 0.450. The largest absolute Gasteiger partial charge is 0.493 e. The van der Waals surface area contributed by atoms with Crippen molar-refractivity contribution in [3.05, 3.63) is 47.4 Å². The SMILES string of the molecule is COc1ccc(C(CNC(=O)c2coc(CN)c2)N2CCOCC2)cc1OC.Cl.Cl. The van der Waals surface area contributed by atoms with Crippen LogP contribution in [0.4, 0.5) is 0 Å². The van der Waals surface area contributed by atoms with E-state index in [0.29, 0.717) is 42.6 Å². The molecule has 3 rings (SSSR count). The number of furan rings is 1. The first-order valence-corrected chi connectivity index (χ1v) is 9.25. The molecule has 30 heavy (non-hydrogen) atoms. The van der Waals surface area contributed by atoms with Gasteiger partial charge in [0.25, 0.3) is 5.91 Å². The Morgan fingerprint density at radius 2 is 1.87 bits per heavy atom. The Balaban J connectivity index is 0.00000225. The van der Waals surface area contributed by atoms with Crippen molar-refractivity contribution < 1.29 is 23.4 Å². The van der Waals surface area contributed by atoms with Crippen LogP contribution in [0.15, 0.2) is 34.9 Å². The molecule has 0 spiro atoms. The van der Waals surface area contributed by atoms with Crippen LogP contribution in [0.5, 0.6) is 11.5 Å². The monoisotopic (exact) mass is 461 g/mol. The molecule has 168 valence electrons. The van der Waals surface area contributed by atoms with E-state index in [9.17, 15) is 4.79 Å². The molecule has 1 unspecified atom stereocenters. The Labute approximate surface area is 188 Å². The van der Waals surface area contributed by atoms with Crippen LogP contribution in [0.25, 0.3) is 0 Å². The number of benzene rings is 1. The highest BCUT2D eigenvalue weighted by Crippen LogP contribution is 2.32. The third kappa shape index (κ3) is 6.26. The average molecular weight is 462 g/mol. The van der Waals surface area contributed by atoms with Crippen LogP contribution in [0.2, 0.25) is 0 Å². The van der Waals surface area contributed by atoms with Crippen molar-refractivity contribution in [1.29, 1.82) is 0 Å². The van der Waals surface area contributed by atoms with Crippen LogP contribution in [0.3, 0.4) is 0 Å². The van der Waals surface area contributed by atoms with Crippen molar-refractivity contribution in [2.24, 2.45) is 5.73 Å². The van der Waals surface area contributed by atoms with E-state index in [-0.39, 0.29) is 43.3 Å². The predicted molar refractivity (Wildman–Crippen MR) is 118 cm³/mol. The van der Waals surface area contributed by atoms with Crippen LogP contribution < -0.4 is 20.5 Å². The fourth-order valence-corrected chi connectivity index (χ4v) is 3.31. The molecule has 1 aromatic carbocycles. The molecular formula is C20H29Cl2N3O5. The Morgan fingerprint density at radius 1 is 1.17 bits per heavy atom. The first-order valence-electron chi connectivity index (χ1n) is 9.25. The first-order chi connectivity index (χ1) is 13.7. The van der Waals surface area contributed by atoms with Gasteiger partial charge in [-0.2, -0.15) is 0 Å². The van der Waals surface area contributed by atoms with Crippen molar-refractivity contribution in [3.8, 4) is 11.5 Å². The Morgan fingerprint density at radius 3 is 2.47 bits per heavy atom. The molecule has 10 heteroatoms. The summed E-state index contributed by atoms with van der Waals surface area (Å²) in [5.74, 6) is 1.72. The predicted octanol–water partition coefficient (Wildman–Crippen LogP) is 2.40. The lowest BCUT2D eigenvalue weighted by Gasteiger charge is -2.35. The second kappa shape index (κ2) is 12.7. The topological polar surface area (TPSA) is 99.2 Å². The number of carbonyl (C=O) groups is 1. The van der Waals surface area contributed by atoms with Crippen LogP contribution in [0, 0.1) is 0 Å². The molecule has 3 N–H and O–H groups in total. The number of methoxy groups -OCH3 is 2. The molecule has 0 aliphatic carbocycles. The molecule has 1 aliphatic rings. The molecule has 0 bridgehead atoms. The molecule has 2 aromatic rings. The molecule has 0 saturated carbocycles. The number of nitrogens with one attached hydrogen (secondary N) is 1. The van der Waals surface area contributed by atoms with Gasteiger partial charge in [-0.25, -0.2) is 0 Å². The maximum Gasteiger partial charge on any atom is 0.254 e. The van der Waals surface area contributed by atoms with E-state index in [1.54, 1.807) is 20.3 Å². The minimum absolute atomic E-state index is 0. The molecule has 1 aliphatic heterocycles. The van der Waals surface area contributed by atoms with Crippen LogP contribution in [-0.4, -0.2) is 57.9 Å². The minimum atomic E-state index is -0.192. The third-order valence-corrected chi connectivity index (χ3v) is 4.85. The molecule has 0 radical (unpaired) electrons. The standard InChI is InChI=1S/C20H27N3O5.2ClH/c1-25-18-4-3-14(10-19(18)26-2)17(23-5-7-27-8-6-23)12-22-20(24)15-9-16(11-21)28-13-15;;/h3-4,9-10,13,17H,5-8,11-12,21H2,1-2H3,(H,22,24);2*1H. The highest BCUT2D eigenvalue weighted by atomic mass is 35.5. The van der Waals surface area contributed by atoms with Gasteiger partial charge >= 0.3 is 0 Å². The Bertz CT molecular complexity index is 796.